The molecule has 2 aromatic rings. The molecule has 0 spiro atoms. The fraction of sp³-hybridized carbons (Fsp3) is 0.444. The second-order valence-electron chi connectivity index (χ2n) is 6.70. The van der Waals surface area contributed by atoms with Crippen molar-refractivity contribution >= 4 is 11.6 Å². The van der Waals surface area contributed by atoms with Crippen LogP contribution in [0, 0.1) is 11.7 Å². The molecule has 2 heterocycles. The van der Waals surface area contributed by atoms with Gasteiger partial charge in [-0.3, -0.25) is 0 Å². The fourth-order valence-electron chi connectivity index (χ4n) is 3.27. The molecule has 0 radical (unpaired) electrons. The molecule has 1 aliphatic heterocycles. The molecular formula is C18H21FN4O. The number of halogens is 1. The molecule has 0 bridgehead atoms. The molecule has 0 unspecified atom stereocenters. The van der Waals surface area contributed by atoms with Gasteiger partial charge in [-0.15, -0.1) is 0 Å². The van der Waals surface area contributed by atoms with Gasteiger partial charge in [0.1, 0.15) is 23.8 Å². The molecule has 0 amide bonds. The maximum absolute atomic E-state index is 13.6. The van der Waals surface area contributed by atoms with Crippen molar-refractivity contribution in [3.8, 4) is 0 Å². The summed E-state index contributed by atoms with van der Waals surface area (Å²) >= 11 is 0. The number of benzene rings is 1. The number of nitrogens with zero attached hydrogens (tertiary/aromatic N) is 3. The highest BCUT2D eigenvalue weighted by molar-refractivity contribution is 5.51. The molecule has 1 saturated heterocycles. The highest BCUT2D eigenvalue weighted by Crippen LogP contribution is 2.36. The van der Waals surface area contributed by atoms with Crippen molar-refractivity contribution in [3.05, 3.63) is 48.0 Å². The zero-order chi connectivity index (χ0) is 16.5. The van der Waals surface area contributed by atoms with Gasteiger partial charge in [0.05, 0.1) is 12.1 Å². The lowest BCUT2D eigenvalue weighted by Gasteiger charge is -2.26. The molecular weight excluding hydrogens is 307 g/mol. The first kappa shape index (κ1) is 15.3. The van der Waals surface area contributed by atoms with Crippen molar-refractivity contribution in [2.24, 2.45) is 5.92 Å². The number of β-amino-alcohol motifs (C(OH)–C–C–N with tert-alkyl or cyclic N) is 1. The topological polar surface area (TPSA) is 61.3 Å². The normalized spacial score (nSPS) is 23.5. The van der Waals surface area contributed by atoms with Crippen LogP contribution in [0.1, 0.15) is 30.9 Å². The Bertz CT molecular complexity index is 722. The third kappa shape index (κ3) is 3.33. The lowest BCUT2D eigenvalue weighted by atomic mass is 10.0. The van der Waals surface area contributed by atoms with Crippen LogP contribution < -0.4 is 10.2 Å². The Labute approximate surface area is 140 Å². The Balaban J connectivity index is 1.57. The van der Waals surface area contributed by atoms with E-state index in [0.717, 1.165) is 29.7 Å². The van der Waals surface area contributed by atoms with E-state index in [1.54, 1.807) is 6.07 Å². The summed E-state index contributed by atoms with van der Waals surface area (Å²) in [6, 6.07) is 8.39. The Kier molecular flexibility index (Phi) is 4.06. The minimum atomic E-state index is -0.448. The zero-order valence-corrected chi connectivity index (χ0v) is 13.4. The van der Waals surface area contributed by atoms with Crippen LogP contribution in [0.3, 0.4) is 0 Å². The van der Waals surface area contributed by atoms with Crippen LogP contribution in [0.15, 0.2) is 36.7 Å². The Morgan fingerprint density at radius 2 is 2.12 bits per heavy atom. The molecule has 2 aliphatic rings. The molecule has 1 aromatic carbocycles. The minimum absolute atomic E-state index is 0.0816. The third-order valence-electron chi connectivity index (χ3n) is 4.73. The van der Waals surface area contributed by atoms with Gasteiger partial charge in [-0.25, -0.2) is 14.4 Å². The van der Waals surface area contributed by atoms with E-state index in [2.05, 4.69) is 15.3 Å². The molecule has 2 N–H and O–H groups in total. The molecule has 5 nitrogen and oxygen atoms in total. The molecule has 126 valence electrons. The van der Waals surface area contributed by atoms with Crippen LogP contribution >= 0.6 is 0 Å². The first-order valence-corrected chi connectivity index (χ1v) is 8.45. The predicted octanol–water partition coefficient (Wildman–Crippen LogP) is 2.75. The van der Waals surface area contributed by atoms with Gasteiger partial charge >= 0.3 is 0 Å². The monoisotopic (exact) mass is 328 g/mol. The average molecular weight is 328 g/mol. The summed E-state index contributed by atoms with van der Waals surface area (Å²) < 4.78 is 13.6. The first-order valence-electron chi connectivity index (χ1n) is 8.45. The number of anilines is 2. The van der Waals surface area contributed by atoms with E-state index < -0.39 is 6.10 Å². The highest BCUT2D eigenvalue weighted by atomic mass is 19.1. The van der Waals surface area contributed by atoms with Gasteiger partial charge in [-0.2, -0.15) is 0 Å². The summed E-state index contributed by atoms with van der Waals surface area (Å²) in [4.78, 5) is 10.7. The van der Waals surface area contributed by atoms with E-state index in [9.17, 15) is 9.50 Å². The van der Waals surface area contributed by atoms with E-state index in [-0.39, 0.29) is 11.9 Å². The molecule has 1 aromatic heterocycles. The summed E-state index contributed by atoms with van der Waals surface area (Å²) in [5.41, 5.74) is 0.859. The number of aliphatic hydroxyl groups is 1. The second-order valence-corrected chi connectivity index (χ2v) is 6.70. The van der Waals surface area contributed by atoms with E-state index in [4.69, 9.17) is 0 Å². The van der Waals surface area contributed by atoms with Crippen molar-refractivity contribution in [1.82, 2.24) is 9.97 Å². The smallest absolute Gasteiger partial charge is 0.134 e. The molecule has 1 saturated carbocycles. The summed E-state index contributed by atoms with van der Waals surface area (Å²) in [7, 11) is 0. The van der Waals surface area contributed by atoms with Crippen molar-refractivity contribution in [1.29, 1.82) is 0 Å². The quantitative estimate of drug-likeness (QED) is 0.884. The van der Waals surface area contributed by atoms with Crippen LogP contribution in [0.25, 0.3) is 0 Å². The number of rotatable bonds is 5. The van der Waals surface area contributed by atoms with Gasteiger partial charge in [0.15, 0.2) is 0 Å². The van der Waals surface area contributed by atoms with E-state index in [1.807, 2.05) is 17.0 Å². The second kappa shape index (κ2) is 6.36. The minimum Gasteiger partial charge on any atom is -0.391 e. The van der Waals surface area contributed by atoms with Crippen molar-refractivity contribution in [2.75, 3.05) is 23.3 Å². The van der Waals surface area contributed by atoms with Gasteiger partial charge in [0.2, 0.25) is 0 Å². The summed E-state index contributed by atoms with van der Waals surface area (Å²) in [6.07, 6.45) is 4.22. The van der Waals surface area contributed by atoms with Gasteiger partial charge in [-0.05, 0) is 42.9 Å². The molecule has 24 heavy (non-hydrogen) atoms. The van der Waals surface area contributed by atoms with Crippen LogP contribution in [0.5, 0.6) is 0 Å². The van der Waals surface area contributed by atoms with Crippen molar-refractivity contribution in [3.63, 3.8) is 0 Å². The van der Waals surface area contributed by atoms with Crippen LogP contribution in [-0.2, 0) is 0 Å². The van der Waals surface area contributed by atoms with E-state index in [0.29, 0.717) is 13.0 Å². The lowest BCUT2D eigenvalue weighted by Crippen LogP contribution is -2.25. The zero-order valence-electron chi connectivity index (χ0n) is 13.4. The van der Waals surface area contributed by atoms with Crippen molar-refractivity contribution in [2.45, 2.75) is 31.4 Å². The van der Waals surface area contributed by atoms with E-state index >= 15 is 0 Å². The maximum atomic E-state index is 13.6. The Morgan fingerprint density at radius 3 is 2.92 bits per heavy atom. The molecule has 6 heteroatoms. The van der Waals surface area contributed by atoms with Crippen LogP contribution in [0.4, 0.5) is 16.0 Å². The van der Waals surface area contributed by atoms with Gasteiger partial charge in [-0.1, -0.05) is 12.1 Å². The highest BCUT2D eigenvalue weighted by Gasteiger charge is 2.33. The summed E-state index contributed by atoms with van der Waals surface area (Å²) in [6.45, 7) is 1.42. The Hall–Kier alpha value is -2.21. The number of hydrogen-bond donors (Lipinski definition) is 2. The largest absolute Gasteiger partial charge is 0.391 e. The molecule has 1 aliphatic carbocycles. The van der Waals surface area contributed by atoms with E-state index in [1.165, 1.54) is 31.3 Å². The average Bonchev–Trinajstić information content (AvgIpc) is 3.33. The molecule has 2 atom stereocenters. The van der Waals surface area contributed by atoms with Gasteiger partial charge in [0, 0.05) is 19.2 Å². The van der Waals surface area contributed by atoms with Gasteiger partial charge in [0.25, 0.3) is 0 Å². The Morgan fingerprint density at radius 1 is 1.25 bits per heavy atom. The third-order valence-corrected chi connectivity index (χ3v) is 4.73. The lowest BCUT2D eigenvalue weighted by molar-refractivity contribution is 0.194. The molecule has 2 fully saturated rings. The SMILES string of the molecule is O[C@H]1C[C@@H](c2cccc(F)c2)N(c2cc(NCC3CC3)ncn2)C1. The van der Waals surface area contributed by atoms with Crippen molar-refractivity contribution < 1.29 is 9.50 Å². The predicted molar refractivity (Wildman–Crippen MR) is 90.4 cm³/mol. The maximum Gasteiger partial charge on any atom is 0.134 e. The summed E-state index contributed by atoms with van der Waals surface area (Å²) in [5, 5.41) is 13.5. The van der Waals surface area contributed by atoms with Gasteiger partial charge < -0.3 is 15.3 Å². The first-order chi connectivity index (χ1) is 11.7. The molecule has 4 rings (SSSR count). The fourth-order valence-corrected chi connectivity index (χ4v) is 3.27. The van der Waals surface area contributed by atoms with Crippen LogP contribution in [-0.4, -0.2) is 34.3 Å². The summed E-state index contributed by atoms with van der Waals surface area (Å²) in [5.74, 6) is 2.06. The number of aromatic nitrogens is 2. The number of hydrogen-bond acceptors (Lipinski definition) is 5. The van der Waals surface area contributed by atoms with Crippen LogP contribution in [0.2, 0.25) is 0 Å². The number of aliphatic hydroxyl groups excluding tert-OH is 1. The standard InChI is InChI=1S/C18H21FN4O/c19-14-3-1-2-13(6-14)16-7-15(24)10-23(16)18-8-17(21-11-22-18)20-9-12-4-5-12/h1-3,6,8,11-12,15-16,24H,4-5,7,9-10H2,(H,20,21,22)/t15-,16-/m0/s1. The number of nitrogens with one attached hydrogen (secondary N) is 1.